The van der Waals surface area contributed by atoms with Crippen LogP contribution >= 0.6 is 0 Å². The van der Waals surface area contributed by atoms with E-state index in [0.717, 1.165) is 38.5 Å². The summed E-state index contributed by atoms with van der Waals surface area (Å²) in [6.45, 7) is 3.66. The molecule has 0 radical (unpaired) electrons. The van der Waals surface area contributed by atoms with E-state index < -0.39 is 15.4 Å². The van der Waals surface area contributed by atoms with Crippen LogP contribution in [0.5, 0.6) is 0 Å². The summed E-state index contributed by atoms with van der Waals surface area (Å²) in [5, 5.41) is 9.00. The number of hydrogen-bond donors (Lipinski definition) is 2. The highest BCUT2D eigenvalue weighted by Gasteiger charge is 2.16. The predicted molar refractivity (Wildman–Crippen MR) is 74.2 cm³/mol. The van der Waals surface area contributed by atoms with E-state index in [1.165, 1.54) is 19.8 Å². The fourth-order valence-corrected chi connectivity index (χ4v) is 2.38. The minimum absolute atomic E-state index is 0.212. The Morgan fingerprint density at radius 1 is 0.944 bits per heavy atom. The molecule has 2 N–H and O–H groups in total. The maximum atomic E-state index is 10.8. The summed E-state index contributed by atoms with van der Waals surface area (Å²) in [6.07, 6.45) is 7.97. The molecule has 110 valence electrons. The fourth-order valence-electron chi connectivity index (χ4n) is 1.91. The quantitative estimate of drug-likeness (QED) is 0.450. The van der Waals surface area contributed by atoms with E-state index in [0.29, 0.717) is 6.42 Å². The first kappa shape index (κ1) is 17.9. The van der Waals surface area contributed by atoms with Crippen LogP contribution in [-0.2, 0) is 10.1 Å². The Morgan fingerprint density at radius 3 is 1.94 bits per heavy atom. The molecule has 18 heavy (non-hydrogen) atoms. The monoisotopic (exact) mass is 280 g/mol. The van der Waals surface area contributed by atoms with Crippen molar-refractivity contribution in [1.82, 2.24) is 0 Å². The molecule has 0 aliphatic rings. The van der Waals surface area contributed by atoms with Crippen molar-refractivity contribution >= 4 is 10.1 Å². The molecule has 0 aromatic carbocycles. The highest BCUT2D eigenvalue weighted by atomic mass is 32.2. The maximum absolute atomic E-state index is 10.8. The van der Waals surface area contributed by atoms with Gasteiger partial charge in [-0.05, 0) is 26.2 Å². The number of aliphatic hydroxyl groups is 1. The summed E-state index contributed by atoms with van der Waals surface area (Å²) >= 11 is 0. The Labute approximate surface area is 112 Å². The van der Waals surface area contributed by atoms with Crippen LogP contribution < -0.4 is 0 Å². The first-order chi connectivity index (χ1) is 8.38. The summed E-state index contributed by atoms with van der Waals surface area (Å²) in [7, 11) is -3.87. The molecule has 5 heteroatoms. The second kappa shape index (κ2) is 9.75. The highest BCUT2D eigenvalue weighted by Crippen LogP contribution is 2.14. The van der Waals surface area contributed by atoms with Crippen molar-refractivity contribution < 1.29 is 18.1 Å². The molecular weight excluding hydrogens is 252 g/mol. The Kier molecular flexibility index (Phi) is 9.68. The molecule has 0 aromatic heterocycles. The van der Waals surface area contributed by atoms with E-state index in [1.807, 2.05) is 0 Å². The first-order valence-electron chi connectivity index (χ1n) is 7.02. The molecule has 0 aliphatic heterocycles. The van der Waals surface area contributed by atoms with Crippen LogP contribution in [0.2, 0.25) is 0 Å². The topological polar surface area (TPSA) is 74.6 Å². The average molecular weight is 280 g/mol. The number of unbranched alkanes of at least 4 members (excludes halogenated alkanes) is 4. The third-order valence-corrected chi connectivity index (χ3v) is 4.55. The van der Waals surface area contributed by atoms with Gasteiger partial charge in [-0.25, -0.2) is 0 Å². The Balaban J connectivity index is 3.45. The van der Waals surface area contributed by atoms with E-state index in [2.05, 4.69) is 6.92 Å². The Hall–Kier alpha value is -0.130. The van der Waals surface area contributed by atoms with Crippen molar-refractivity contribution in [2.75, 3.05) is 0 Å². The summed E-state index contributed by atoms with van der Waals surface area (Å²) in [5.41, 5.74) is 0. The minimum Gasteiger partial charge on any atom is -0.393 e. The second-order valence-electron chi connectivity index (χ2n) is 5.11. The average Bonchev–Trinajstić information content (AvgIpc) is 2.27. The lowest BCUT2D eigenvalue weighted by atomic mass is 10.0. The number of hydrogen-bond acceptors (Lipinski definition) is 3. The van der Waals surface area contributed by atoms with E-state index >= 15 is 0 Å². The predicted octanol–water partition coefficient (Wildman–Crippen LogP) is 3.15. The van der Waals surface area contributed by atoms with Gasteiger partial charge in [0.15, 0.2) is 0 Å². The van der Waals surface area contributed by atoms with E-state index in [4.69, 9.17) is 4.55 Å². The SMILES string of the molecule is CCCCCC(O)CCCCCC(C)S(=O)(=O)O. The summed E-state index contributed by atoms with van der Waals surface area (Å²) < 4.78 is 30.3. The molecule has 0 aromatic rings. The van der Waals surface area contributed by atoms with Crippen molar-refractivity contribution in [1.29, 1.82) is 0 Å². The van der Waals surface area contributed by atoms with Gasteiger partial charge in [0.1, 0.15) is 0 Å². The molecule has 2 atom stereocenters. The van der Waals surface area contributed by atoms with Gasteiger partial charge in [0.05, 0.1) is 11.4 Å². The molecule has 0 bridgehead atoms. The second-order valence-corrected chi connectivity index (χ2v) is 6.95. The fraction of sp³-hybridized carbons (Fsp3) is 1.00. The van der Waals surface area contributed by atoms with Crippen LogP contribution in [0.1, 0.15) is 71.6 Å². The van der Waals surface area contributed by atoms with Crippen LogP contribution in [0.4, 0.5) is 0 Å². The molecule has 4 nitrogen and oxygen atoms in total. The van der Waals surface area contributed by atoms with Crippen molar-refractivity contribution in [2.24, 2.45) is 0 Å². The normalized spacial score (nSPS) is 15.6. The van der Waals surface area contributed by atoms with Gasteiger partial charge >= 0.3 is 0 Å². The molecule has 0 heterocycles. The molecule has 0 spiro atoms. The zero-order valence-corrected chi connectivity index (χ0v) is 12.5. The van der Waals surface area contributed by atoms with Crippen LogP contribution in [0, 0.1) is 0 Å². The van der Waals surface area contributed by atoms with Gasteiger partial charge in [0.25, 0.3) is 10.1 Å². The third-order valence-electron chi connectivity index (χ3n) is 3.30. The van der Waals surface area contributed by atoms with Gasteiger partial charge in [-0.3, -0.25) is 4.55 Å². The molecule has 2 unspecified atom stereocenters. The zero-order chi connectivity index (χ0) is 14.0. The minimum atomic E-state index is -3.87. The highest BCUT2D eigenvalue weighted by molar-refractivity contribution is 7.86. The lowest BCUT2D eigenvalue weighted by Crippen LogP contribution is -2.16. The largest absolute Gasteiger partial charge is 0.393 e. The van der Waals surface area contributed by atoms with Crippen LogP contribution in [0.15, 0.2) is 0 Å². The molecule has 0 saturated carbocycles. The van der Waals surface area contributed by atoms with Gasteiger partial charge in [0.2, 0.25) is 0 Å². The number of rotatable bonds is 11. The Bertz CT molecular complexity index is 287. The van der Waals surface area contributed by atoms with Gasteiger partial charge in [0, 0.05) is 0 Å². The van der Waals surface area contributed by atoms with Gasteiger partial charge in [-0.15, -0.1) is 0 Å². The van der Waals surface area contributed by atoms with Gasteiger partial charge in [-0.1, -0.05) is 45.4 Å². The molecular formula is C13H28O4S. The molecule has 0 fully saturated rings. The van der Waals surface area contributed by atoms with Gasteiger partial charge < -0.3 is 5.11 Å². The molecule has 0 amide bonds. The maximum Gasteiger partial charge on any atom is 0.267 e. The van der Waals surface area contributed by atoms with E-state index in [1.54, 1.807) is 0 Å². The van der Waals surface area contributed by atoms with Crippen molar-refractivity contribution in [3.8, 4) is 0 Å². The van der Waals surface area contributed by atoms with Gasteiger partial charge in [-0.2, -0.15) is 8.42 Å². The number of aliphatic hydroxyl groups excluding tert-OH is 1. The van der Waals surface area contributed by atoms with Crippen molar-refractivity contribution in [3.63, 3.8) is 0 Å². The zero-order valence-electron chi connectivity index (χ0n) is 11.6. The van der Waals surface area contributed by atoms with E-state index in [9.17, 15) is 13.5 Å². The first-order valence-corrected chi connectivity index (χ1v) is 8.52. The van der Waals surface area contributed by atoms with Crippen LogP contribution in [0.25, 0.3) is 0 Å². The summed E-state index contributed by atoms with van der Waals surface area (Å²) in [6, 6.07) is 0. The standard InChI is InChI=1S/C13H28O4S/c1-3-4-6-10-13(14)11-8-5-7-9-12(2)18(15,16)17/h12-14H,3-11H2,1-2H3,(H,15,16,17). The lowest BCUT2D eigenvalue weighted by Gasteiger charge is -2.10. The molecule has 0 saturated heterocycles. The van der Waals surface area contributed by atoms with E-state index in [-0.39, 0.29) is 6.10 Å². The molecule has 0 aliphatic carbocycles. The summed E-state index contributed by atoms with van der Waals surface area (Å²) in [5.74, 6) is 0. The van der Waals surface area contributed by atoms with Crippen molar-refractivity contribution in [2.45, 2.75) is 83.0 Å². The molecule has 0 rings (SSSR count). The van der Waals surface area contributed by atoms with Crippen LogP contribution in [-0.4, -0.2) is 29.4 Å². The van der Waals surface area contributed by atoms with Crippen LogP contribution in [0.3, 0.4) is 0 Å². The lowest BCUT2D eigenvalue weighted by molar-refractivity contribution is 0.147. The van der Waals surface area contributed by atoms with Crippen molar-refractivity contribution in [3.05, 3.63) is 0 Å². The Morgan fingerprint density at radius 2 is 1.44 bits per heavy atom. The third kappa shape index (κ3) is 9.85. The summed E-state index contributed by atoms with van der Waals surface area (Å²) in [4.78, 5) is 0. The smallest absolute Gasteiger partial charge is 0.267 e.